The summed E-state index contributed by atoms with van der Waals surface area (Å²) in [6.45, 7) is 2.04. The van der Waals surface area contributed by atoms with Crippen LogP contribution >= 0.6 is 11.3 Å². The van der Waals surface area contributed by atoms with Crippen LogP contribution in [0.2, 0.25) is 0 Å². The number of aromatic nitrogens is 1. The Morgan fingerprint density at radius 3 is 2.81 bits per heavy atom. The van der Waals surface area contributed by atoms with Gasteiger partial charge >= 0.3 is 0 Å². The molecule has 0 aliphatic heterocycles. The fourth-order valence-corrected chi connectivity index (χ4v) is 3.15. The van der Waals surface area contributed by atoms with E-state index in [1.165, 1.54) is 16.7 Å². The van der Waals surface area contributed by atoms with Gasteiger partial charge in [-0.3, -0.25) is 4.79 Å². The van der Waals surface area contributed by atoms with E-state index in [0.717, 1.165) is 21.2 Å². The Morgan fingerprint density at radius 2 is 2.00 bits per heavy atom. The Balaban J connectivity index is 2.77. The van der Waals surface area contributed by atoms with Crippen LogP contribution in [-0.2, 0) is 7.05 Å². The summed E-state index contributed by atoms with van der Waals surface area (Å²) < 4.78 is 2.60. The molecule has 0 atom stereocenters. The van der Waals surface area contributed by atoms with Crippen molar-refractivity contribution in [2.75, 3.05) is 0 Å². The van der Waals surface area contributed by atoms with Crippen molar-refractivity contribution in [2.24, 2.45) is 7.05 Å². The molecule has 3 heteroatoms. The maximum absolute atomic E-state index is 12.1. The van der Waals surface area contributed by atoms with E-state index >= 15 is 0 Å². The fraction of sp³-hybridized carbons (Fsp3) is 0.154. The summed E-state index contributed by atoms with van der Waals surface area (Å²) in [6, 6.07) is 8.19. The zero-order valence-corrected chi connectivity index (χ0v) is 9.97. The van der Waals surface area contributed by atoms with Crippen molar-refractivity contribution in [3.63, 3.8) is 0 Å². The molecule has 0 saturated carbocycles. The predicted molar refractivity (Wildman–Crippen MR) is 69.3 cm³/mol. The average molecular weight is 229 g/mol. The number of para-hydroxylation sites is 1. The van der Waals surface area contributed by atoms with Gasteiger partial charge in [0.1, 0.15) is 4.70 Å². The molecule has 0 fully saturated rings. The van der Waals surface area contributed by atoms with Crippen molar-refractivity contribution in [1.29, 1.82) is 0 Å². The van der Waals surface area contributed by atoms with Crippen LogP contribution < -0.4 is 5.56 Å². The predicted octanol–water partition coefficient (Wildman–Crippen LogP) is 3.06. The van der Waals surface area contributed by atoms with Crippen LogP contribution in [-0.4, -0.2) is 4.57 Å². The lowest BCUT2D eigenvalue weighted by atomic mass is 10.1. The molecule has 1 aromatic carbocycles. The van der Waals surface area contributed by atoms with Gasteiger partial charge < -0.3 is 4.57 Å². The topological polar surface area (TPSA) is 22.0 Å². The zero-order valence-electron chi connectivity index (χ0n) is 9.15. The molecule has 0 unspecified atom stereocenters. The van der Waals surface area contributed by atoms with Crippen LogP contribution in [0.1, 0.15) is 5.56 Å². The molecule has 0 spiro atoms. The number of rotatable bonds is 0. The van der Waals surface area contributed by atoms with Gasteiger partial charge in [0.2, 0.25) is 0 Å². The number of pyridine rings is 1. The number of hydrogen-bond donors (Lipinski definition) is 0. The molecule has 0 aliphatic carbocycles. The van der Waals surface area contributed by atoms with Crippen LogP contribution in [0.5, 0.6) is 0 Å². The van der Waals surface area contributed by atoms with Crippen LogP contribution in [0.15, 0.2) is 34.4 Å². The maximum Gasteiger partial charge on any atom is 0.268 e. The van der Waals surface area contributed by atoms with Gasteiger partial charge in [0.15, 0.2) is 0 Å². The highest BCUT2D eigenvalue weighted by Crippen LogP contribution is 2.27. The number of nitrogens with zero attached hydrogens (tertiary/aromatic N) is 1. The lowest BCUT2D eigenvalue weighted by Crippen LogP contribution is -2.16. The molecule has 2 heterocycles. The molecule has 0 N–H and O–H groups in total. The Kier molecular flexibility index (Phi) is 1.91. The van der Waals surface area contributed by atoms with E-state index in [4.69, 9.17) is 0 Å². The van der Waals surface area contributed by atoms with E-state index in [1.807, 2.05) is 37.6 Å². The zero-order chi connectivity index (χ0) is 11.3. The quantitative estimate of drug-likeness (QED) is 0.580. The molecule has 0 amide bonds. The van der Waals surface area contributed by atoms with Crippen molar-refractivity contribution in [2.45, 2.75) is 6.92 Å². The van der Waals surface area contributed by atoms with Gasteiger partial charge in [-0.05, 0) is 23.9 Å². The second kappa shape index (κ2) is 3.19. The summed E-state index contributed by atoms with van der Waals surface area (Å²) >= 11 is 1.52. The van der Waals surface area contributed by atoms with Crippen molar-refractivity contribution in [1.82, 2.24) is 4.57 Å². The highest BCUT2D eigenvalue weighted by atomic mass is 32.1. The van der Waals surface area contributed by atoms with Crippen LogP contribution in [0, 0.1) is 6.92 Å². The van der Waals surface area contributed by atoms with Gasteiger partial charge in [-0.1, -0.05) is 18.2 Å². The molecule has 16 heavy (non-hydrogen) atoms. The summed E-state index contributed by atoms with van der Waals surface area (Å²) in [4.78, 5) is 12.1. The van der Waals surface area contributed by atoms with E-state index in [1.54, 1.807) is 4.57 Å². The Bertz CT molecular complexity index is 752. The molecular weight excluding hydrogens is 218 g/mol. The van der Waals surface area contributed by atoms with Gasteiger partial charge in [-0.2, -0.15) is 0 Å². The molecule has 0 bridgehead atoms. The molecule has 2 aromatic heterocycles. The van der Waals surface area contributed by atoms with Crippen LogP contribution in [0.3, 0.4) is 0 Å². The third-order valence-corrected chi connectivity index (χ3v) is 3.93. The Morgan fingerprint density at radius 1 is 1.19 bits per heavy atom. The molecule has 3 rings (SSSR count). The summed E-state index contributed by atoms with van der Waals surface area (Å²) in [7, 11) is 1.84. The van der Waals surface area contributed by atoms with E-state index in [-0.39, 0.29) is 5.56 Å². The minimum absolute atomic E-state index is 0.104. The first-order chi connectivity index (χ1) is 7.70. The van der Waals surface area contributed by atoms with Crippen LogP contribution in [0.4, 0.5) is 0 Å². The molecule has 3 aromatic rings. The lowest BCUT2D eigenvalue weighted by Gasteiger charge is -2.08. The van der Waals surface area contributed by atoms with Crippen LogP contribution in [0.25, 0.3) is 21.0 Å². The third-order valence-electron chi connectivity index (χ3n) is 3.03. The van der Waals surface area contributed by atoms with E-state index < -0.39 is 0 Å². The third kappa shape index (κ3) is 1.09. The van der Waals surface area contributed by atoms with Gasteiger partial charge in [-0.15, -0.1) is 11.3 Å². The Labute approximate surface area is 96.8 Å². The first-order valence-electron chi connectivity index (χ1n) is 5.15. The normalized spacial score (nSPS) is 11.4. The number of thiophene rings is 1. The molecule has 0 saturated heterocycles. The Hall–Kier alpha value is -1.61. The van der Waals surface area contributed by atoms with E-state index in [9.17, 15) is 4.79 Å². The summed E-state index contributed by atoms with van der Waals surface area (Å²) in [5.41, 5.74) is 2.29. The SMILES string of the molecule is Cc1cccc2c3ccsc3c(=O)n(C)c12. The largest absolute Gasteiger partial charge is 0.310 e. The van der Waals surface area contributed by atoms with Crippen molar-refractivity contribution in [3.05, 3.63) is 45.6 Å². The highest BCUT2D eigenvalue weighted by molar-refractivity contribution is 7.17. The molecule has 2 nitrogen and oxygen atoms in total. The van der Waals surface area contributed by atoms with Gasteiger partial charge in [0.05, 0.1) is 5.52 Å². The monoisotopic (exact) mass is 229 g/mol. The first-order valence-corrected chi connectivity index (χ1v) is 6.03. The fourth-order valence-electron chi connectivity index (χ4n) is 2.26. The smallest absolute Gasteiger partial charge is 0.268 e. The second-order valence-corrected chi connectivity index (χ2v) is 4.91. The second-order valence-electron chi connectivity index (χ2n) is 4.00. The van der Waals surface area contributed by atoms with Crippen molar-refractivity contribution >= 4 is 32.3 Å². The van der Waals surface area contributed by atoms with Crippen molar-refractivity contribution in [3.8, 4) is 0 Å². The van der Waals surface area contributed by atoms with Crippen molar-refractivity contribution < 1.29 is 0 Å². The molecule has 0 aliphatic rings. The minimum Gasteiger partial charge on any atom is -0.310 e. The van der Waals surface area contributed by atoms with E-state index in [0.29, 0.717) is 0 Å². The highest BCUT2D eigenvalue weighted by Gasteiger charge is 2.10. The summed E-state index contributed by atoms with van der Waals surface area (Å²) in [5, 5.41) is 4.22. The number of hydrogen-bond acceptors (Lipinski definition) is 2. The summed E-state index contributed by atoms with van der Waals surface area (Å²) in [5.74, 6) is 0. The average Bonchev–Trinajstić information content (AvgIpc) is 2.74. The molecular formula is C13H11NOS. The summed E-state index contributed by atoms with van der Waals surface area (Å²) in [6.07, 6.45) is 0. The number of benzene rings is 1. The first kappa shape index (κ1) is 9.60. The standard InChI is InChI=1S/C13H11NOS/c1-8-4-3-5-9-10-6-7-16-12(10)13(15)14(2)11(8)9/h3-7H,1-2H3. The van der Waals surface area contributed by atoms with Gasteiger partial charge in [0, 0.05) is 17.8 Å². The number of aryl methyl sites for hydroxylation is 2. The van der Waals surface area contributed by atoms with E-state index in [2.05, 4.69) is 6.07 Å². The van der Waals surface area contributed by atoms with Gasteiger partial charge in [0.25, 0.3) is 5.56 Å². The molecule has 80 valence electrons. The number of fused-ring (bicyclic) bond motifs is 3. The maximum atomic E-state index is 12.1. The lowest BCUT2D eigenvalue weighted by molar-refractivity contribution is 0.916. The van der Waals surface area contributed by atoms with Gasteiger partial charge in [-0.25, -0.2) is 0 Å². The molecule has 0 radical (unpaired) electrons. The minimum atomic E-state index is 0.104.